The monoisotopic (exact) mass is 472 g/mol. The molecule has 35 heavy (non-hydrogen) atoms. The second-order valence-corrected chi connectivity index (χ2v) is 9.16. The summed E-state index contributed by atoms with van der Waals surface area (Å²) in [6.45, 7) is 4.77. The minimum absolute atomic E-state index is 0.0155. The van der Waals surface area contributed by atoms with Gasteiger partial charge in [0.05, 0.1) is 11.0 Å². The maximum Gasteiger partial charge on any atom is 0.275 e. The van der Waals surface area contributed by atoms with Gasteiger partial charge in [-0.1, -0.05) is 18.2 Å². The Balaban J connectivity index is 1.04. The van der Waals surface area contributed by atoms with E-state index in [-0.39, 0.29) is 18.3 Å². The quantitative estimate of drug-likeness (QED) is 0.431. The molecule has 0 bridgehead atoms. The van der Waals surface area contributed by atoms with E-state index >= 15 is 0 Å². The van der Waals surface area contributed by atoms with Gasteiger partial charge < -0.3 is 23.3 Å². The summed E-state index contributed by atoms with van der Waals surface area (Å²) in [7, 11) is 0. The van der Waals surface area contributed by atoms with E-state index in [9.17, 15) is 9.59 Å². The van der Waals surface area contributed by atoms with Crippen molar-refractivity contribution in [2.24, 2.45) is 0 Å². The molecule has 2 aliphatic rings. The van der Waals surface area contributed by atoms with E-state index in [2.05, 4.69) is 11.0 Å². The number of aromatic nitrogens is 2. The summed E-state index contributed by atoms with van der Waals surface area (Å²) in [5.41, 5.74) is 3.72. The molecule has 4 aromatic rings. The highest BCUT2D eigenvalue weighted by atomic mass is 16.7. The molecule has 4 heterocycles. The van der Waals surface area contributed by atoms with Crippen molar-refractivity contribution >= 4 is 22.5 Å². The minimum atomic E-state index is -0.0155. The van der Waals surface area contributed by atoms with Crippen LogP contribution in [0.2, 0.25) is 0 Å². The van der Waals surface area contributed by atoms with E-state index in [0.29, 0.717) is 24.9 Å². The number of hydrogen-bond acceptors (Lipinski definition) is 5. The summed E-state index contributed by atoms with van der Waals surface area (Å²) in [6, 6.07) is 17.7. The molecule has 0 atom stereocenters. The third-order valence-electron chi connectivity index (χ3n) is 6.99. The Morgan fingerprint density at radius 1 is 0.857 bits per heavy atom. The Labute approximate surface area is 202 Å². The zero-order valence-electron chi connectivity index (χ0n) is 19.6. The Morgan fingerprint density at radius 2 is 1.63 bits per heavy atom. The topological polar surface area (TPSA) is 68.4 Å². The molecular weight excluding hydrogens is 444 g/mol. The van der Waals surface area contributed by atoms with Gasteiger partial charge in [-0.2, -0.15) is 0 Å². The molecule has 2 aromatic carbocycles. The van der Waals surface area contributed by atoms with Crippen LogP contribution < -0.4 is 15.0 Å². The first-order chi connectivity index (χ1) is 17.2. The van der Waals surface area contributed by atoms with Gasteiger partial charge in [-0.3, -0.25) is 14.5 Å². The van der Waals surface area contributed by atoms with Gasteiger partial charge in [-0.15, -0.1) is 0 Å². The van der Waals surface area contributed by atoms with Gasteiger partial charge >= 0.3 is 0 Å². The molecule has 1 saturated heterocycles. The average Bonchev–Trinajstić information content (AvgIpc) is 3.56. The maximum absolute atomic E-state index is 13.1. The molecular formula is C27H28N4O4. The van der Waals surface area contributed by atoms with Crippen molar-refractivity contribution in [3.63, 3.8) is 0 Å². The summed E-state index contributed by atoms with van der Waals surface area (Å²) in [5, 5.41) is 0. The average molecular weight is 473 g/mol. The van der Waals surface area contributed by atoms with Gasteiger partial charge in [0.15, 0.2) is 11.5 Å². The van der Waals surface area contributed by atoms with Gasteiger partial charge in [-0.05, 0) is 48.4 Å². The van der Waals surface area contributed by atoms with Crippen molar-refractivity contribution < 1.29 is 14.3 Å². The first kappa shape index (κ1) is 21.7. The lowest BCUT2D eigenvalue weighted by atomic mass is 10.1. The predicted octanol–water partition coefficient (Wildman–Crippen LogP) is 3.11. The zero-order chi connectivity index (χ0) is 23.8. The number of carbonyl (C=O) groups is 1. The molecule has 6 rings (SSSR count). The van der Waals surface area contributed by atoms with Crippen LogP contribution in [-0.2, 0) is 17.9 Å². The third kappa shape index (κ3) is 4.14. The number of carbonyl (C=O) groups excluding carboxylic acids is 1. The van der Waals surface area contributed by atoms with Crippen molar-refractivity contribution in [3.05, 3.63) is 76.7 Å². The van der Waals surface area contributed by atoms with Gasteiger partial charge in [0.25, 0.3) is 5.56 Å². The standard InChI is InChI=1S/C27H28N4O4/c32-26(29-15-13-28(14-16-29)18-20-9-10-24-25(17-20)35-19-34-24)8-4-12-31-22-6-2-1-5-21(22)30-11-3-7-23(30)27(31)33/h1-3,5-7,9-11,17H,4,8,12-16,18-19H2. The van der Waals surface area contributed by atoms with Crippen LogP contribution in [0.25, 0.3) is 16.6 Å². The van der Waals surface area contributed by atoms with E-state index in [1.54, 1.807) is 4.57 Å². The molecule has 180 valence electrons. The number of fused-ring (bicyclic) bond motifs is 4. The van der Waals surface area contributed by atoms with Crippen LogP contribution in [0.5, 0.6) is 11.5 Å². The summed E-state index contributed by atoms with van der Waals surface area (Å²) in [4.78, 5) is 30.3. The maximum atomic E-state index is 13.1. The van der Waals surface area contributed by atoms with E-state index in [0.717, 1.165) is 55.3 Å². The fraction of sp³-hybridized carbons (Fsp3) is 0.333. The molecule has 0 unspecified atom stereocenters. The van der Waals surface area contributed by atoms with Crippen molar-refractivity contribution in [1.29, 1.82) is 0 Å². The lowest BCUT2D eigenvalue weighted by Crippen LogP contribution is -2.48. The predicted molar refractivity (Wildman–Crippen MR) is 133 cm³/mol. The van der Waals surface area contributed by atoms with Crippen molar-refractivity contribution in [2.45, 2.75) is 25.9 Å². The van der Waals surface area contributed by atoms with Crippen LogP contribution in [0.1, 0.15) is 18.4 Å². The van der Waals surface area contributed by atoms with Crippen molar-refractivity contribution in [3.8, 4) is 11.5 Å². The number of piperazine rings is 1. The van der Waals surface area contributed by atoms with Crippen LogP contribution >= 0.6 is 0 Å². The lowest BCUT2D eigenvalue weighted by molar-refractivity contribution is -0.133. The Bertz CT molecular complexity index is 1450. The second-order valence-electron chi connectivity index (χ2n) is 9.16. The SMILES string of the molecule is O=C(CCCn1c(=O)c2cccn2c2ccccc21)N1CCN(Cc2ccc3c(c2)OCO3)CC1. The molecule has 2 aromatic heterocycles. The summed E-state index contributed by atoms with van der Waals surface area (Å²) < 4.78 is 14.6. The number of hydrogen-bond donors (Lipinski definition) is 0. The first-order valence-electron chi connectivity index (χ1n) is 12.1. The normalized spacial score (nSPS) is 15.8. The van der Waals surface area contributed by atoms with Crippen LogP contribution in [0.4, 0.5) is 0 Å². The Kier molecular flexibility index (Phi) is 5.66. The molecule has 8 heteroatoms. The summed E-state index contributed by atoms with van der Waals surface area (Å²) in [6.07, 6.45) is 2.99. The van der Waals surface area contributed by atoms with E-state index in [1.807, 2.05) is 64.0 Å². The highest BCUT2D eigenvalue weighted by Gasteiger charge is 2.22. The fourth-order valence-electron chi connectivity index (χ4n) is 5.13. The van der Waals surface area contributed by atoms with Crippen LogP contribution in [-0.4, -0.2) is 57.6 Å². The molecule has 0 N–H and O–H groups in total. The molecule has 0 spiro atoms. The molecule has 0 radical (unpaired) electrons. The Hall–Kier alpha value is -3.78. The van der Waals surface area contributed by atoms with Crippen molar-refractivity contribution in [1.82, 2.24) is 18.8 Å². The second kappa shape index (κ2) is 9.11. The molecule has 0 saturated carbocycles. The van der Waals surface area contributed by atoms with E-state index in [4.69, 9.17) is 9.47 Å². The molecule has 2 aliphatic heterocycles. The zero-order valence-corrected chi connectivity index (χ0v) is 19.6. The number of para-hydroxylation sites is 2. The number of amides is 1. The summed E-state index contributed by atoms with van der Waals surface area (Å²) in [5.74, 6) is 1.76. The van der Waals surface area contributed by atoms with E-state index in [1.165, 1.54) is 5.56 Å². The molecule has 0 aliphatic carbocycles. The number of rotatable bonds is 6. The Morgan fingerprint density at radius 3 is 2.49 bits per heavy atom. The van der Waals surface area contributed by atoms with Gasteiger partial charge in [0.2, 0.25) is 12.7 Å². The fourth-order valence-corrected chi connectivity index (χ4v) is 5.13. The van der Waals surface area contributed by atoms with Gasteiger partial charge in [0, 0.05) is 51.9 Å². The molecule has 8 nitrogen and oxygen atoms in total. The number of ether oxygens (including phenoxy) is 2. The number of nitrogens with zero attached hydrogens (tertiary/aromatic N) is 4. The van der Waals surface area contributed by atoms with Crippen LogP contribution in [0.15, 0.2) is 65.6 Å². The minimum Gasteiger partial charge on any atom is -0.454 e. The molecule has 1 amide bonds. The smallest absolute Gasteiger partial charge is 0.275 e. The van der Waals surface area contributed by atoms with Crippen molar-refractivity contribution in [2.75, 3.05) is 33.0 Å². The van der Waals surface area contributed by atoms with Crippen LogP contribution in [0.3, 0.4) is 0 Å². The highest BCUT2D eigenvalue weighted by molar-refractivity contribution is 5.79. The lowest BCUT2D eigenvalue weighted by Gasteiger charge is -2.35. The first-order valence-corrected chi connectivity index (χ1v) is 12.1. The van der Waals surface area contributed by atoms with E-state index < -0.39 is 0 Å². The highest BCUT2D eigenvalue weighted by Crippen LogP contribution is 2.32. The largest absolute Gasteiger partial charge is 0.454 e. The number of benzene rings is 2. The summed E-state index contributed by atoms with van der Waals surface area (Å²) >= 11 is 0. The third-order valence-corrected chi connectivity index (χ3v) is 6.99. The van der Waals surface area contributed by atoms with Gasteiger partial charge in [-0.25, -0.2) is 0 Å². The number of aryl methyl sites for hydroxylation is 1. The van der Waals surface area contributed by atoms with Gasteiger partial charge in [0.1, 0.15) is 5.52 Å². The molecule has 1 fully saturated rings. The van der Waals surface area contributed by atoms with Crippen LogP contribution in [0, 0.1) is 0 Å².